The van der Waals surface area contributed by atoms with E-state index in [0.29, 0.717) is 12.2 Å². The highest BCUT2D eigenvalue weighted by atomic mass is 31.2. The van der Waals surface area contributed by atoms with Gasteiger partial charge in [-0.15, -0.1) is 0 Å². The van der Waals surface area contributed by atoms with Gasteiger partial charge in [0.2, 0.25) is 13.6 Å². The highest BCUT2D eigenvalue weighted by Crippen LogP contribution is 2.48. The van der Waals surface area contributed by atoms with Gasteiger partial charge in [0.1, 0.15) is 24.0 Å². The minimum Gasteiger partial charge on any atom is -0.432 e. The Hall–Kier alpha value is -2.80. The molecule has 2 heterocycles. The van der Waals surface area contributed by atoms with Crippen LogP contribution in [-0.2, 0) is 43.7 Å². The molecule has 0 aliphatic heterocycles. The third-order valence-electron chi connectivity index (χ3n) is 4.10. The summed E-state index contributed by atoms with van der Waals surface area (Å²) in [6.45, 7) is 8.63. The molecular weight excluding hydrogens is 487 g/mol. The maximum Gasteiger partial charge on any atom is 0.510 e. The minimum absolute atomic E-state index is 0.319. The molecule has 15 heteroatoms. The number of hydrogen-bond acceptors (Lipinski definition) is 13. The van der Waals surface area contributed by atoms with Crippen LogP contribution in [0.15, 0.2) is 12.5 Å². The third kappa shape index (κ3) is 9.76. The summed E-state index contributed by atoms with van der Waals surface area (Å²) in [5.41, 5.74) is 1.52. The van der Waals surface area contributed by atoms with Crippen LogP contribution in [0.5, 0.6) is 0 Å². The van der Waals surface area contributed by atoms with Crippen LogP contribution in [0.3, 0.4) is 0 Å². The van der Waals surface area contributed by atoms with Gasteiger partial charge in [-0.3, -0.25) is 13.6 Å². The van der Waals surface area contributed by atoms with E-state index in [1.54, 1.807) is 45.3 Å². The molecule has 0 spiro atoms. The number of aryl methyl sites for hydroxylation is 1. The summed E-state index contributed by atoms with van der Waals surface area (Å²) < 4.78 is 49.7. The van der Waals surface area contributed by atoms with E-state index in [0.717, 1.165) is 11.2 Å². The Morgan fingerprint density at radius 3 is 2.09 bits per heavy atom. The van der Waals surface area contributed by atoms with Gasteiger partial charge >= 0.3 is 19.9 Å². The predicted octanol–water partition coefficient (Wildman–Crippen LogP) is 3.60. The second-order valence-corrected chi connectivity index (χ2v) is 9.85. The van der Waals surface area contributed by atoms with Crippen molar-refractivity contribution in [2.45, 2.75) is 66.3 Å². The van der Waals surface area contributed by atoms with Gasteiger partial charge in [0.05, 0.1) is 30.2 Å². The Balaban J connectivity index is 1.95. The number of carbonyl (C=O) groups excluding carboxylic acids is 2. The van der Waals surface area contributed by atoms with E-state index in [1.165, 1.54) is 6.33 Å². The van der Waals surface area contributed by atoms with Crippen LogP contribution >= 0.6 is 7.60 Å². The fraction of sp³-hybridized carbons (Fsp3) is 0.650. The average Bonchev–Trinajstić information content (AvgIpc) is 3.15. The summed E-state index contributed by atoms with van der Waals surface area (Å²) in [5, 5.41) is 4.18. The molecule has 0 aliphatic carbocycles. The van der Waals surface area contributed by atoms with E-state index >= 15 is 0 Å². The second-order valence-electron chi connectivity index (χ2n) is 7.85. The molecule has 2 aromatic heterocycles. The van der Waals surface area contributed by atoms with Crippen molar-refractivity contribution in [1.29, 1.82) is 0 Å². The number of carbonyl (C=O) groups is 2. The van der Waals surface area contributed by atoms with E-state index in [9.17, 15) is 14.2 Å². The van der Waals surface area contributed by atoms with Crippen molar-refractivity contribution >= 4 is 25.4 Å². The number of aromatic nitrogens is 4. The number of imidazole rings is 1. The zero-order chi connectivity index (χ0) is 26.0. The number of fused-ring (bicyclic) bond motifs is 1. The van der Waals surface area contributed by atoms with Gasteiger partial charge in [-0.05, 0) is 41.5 Å². The van der Waals surface area contributed by atoms with E-state index in [-0.39, 0.29) is 0 Å². The van der Waals surface area contributed by atoms with Gasteiger partial charge in [-0.1, -0.05) is 0 Å². The molecule has 0 N–H and O–H groups in total. The van der Waals surface area contributed by atoms with Crippen LogP contribution in [0.4, 0.5) is 9.59 Å². The van der Waals surface area contributed by atoms with Crippen LogP contribution in [0.2, 0.25) is 0 Å². The largest absolute Gasteiger partial charge is 0.510 e. The zero-order valence-electron chi connectivity index (χ0n) is 20.5. The Morgan fingerprint density at radius 1 is 0.971 bits per heavy atom. The minimum atomic E-state index is -4.04. The van der Waals surface area contributed by atoms with E-state index in [1.807, 2.05) is 6.92 Å². The zero-order valence-corrected chi connectivity index (χ0v) is 21.4. The second kappa shape index (κ2) is 13.3. The van der Waals surface area contributed by atoms with Gasteiger partial charge in [0.25, 0.3) is 0 Å². The lowest BCUT2D eigenvalue weighted by Crippen LogP contribution is -2.19. The van der Waals surface area contributed by atoms with Gasteiger partial charge < -0.3 is 23.7 Å². The van der Waals surface area contributed by atoms with Crippen LogP contribution in [-0.4, -0.2) is 70.1 Å². The Bertz CT molecular complexity index is 996. The van der Waals surface area contributed by atoms with E-state index < -0.39 is 58.2 Å². The topological polar surface area (TPSA) is 159 Å². The first-order chi connectivity index (χ1) is 16.5. The lowest BCUT2D eigenvalue weighted by Gasteiger charge is -2.20. The summed E-state index contributed by atoms with van der Waals surface area (Å²) in [7, 11) is -4.04. The van der Waals surface area contributed by atoms with Crippen LogP contribution in [0.25, 0.3) is 5.52 Å². The molecule has 14 nitrogen and oxygen atoms in total. The number of ether oxygens (including phenoxy) is 5. The summed E-state index contributed by atoms with van der Waals surface area (Å²) >= 11 is 0. The molecule has 0 radical (unpaired) electrons. The quantitative estimate of drug-likeness (QED) is 0.215. The first-order valence-electron chi connectivity index (χ1n) is 10.8. The monoisotopic (exact) mass is 518 g/mol. The molecule has 35 heavy (non-hydrogen) atoms. The number of nitrogens with zero attached hydrogens (tertiary/aromatic N) is 4. The van der Waals surface area contributed by atoms with Gasteiger partial charge in [-0.25, -0.2) is 24.1 Å². The standard InChI is InChI=1S/C20H31N4O10P/c1-13(2)33-19(25)28-10-31-35(27,32-11-29-20(26)34-14(3)4)12-30-15(5)7-18-21-8-17-16(6)22-9-23-24(17)18/h8-9,13-15H,7,10-12H2,1-6H3. The summed E-state index contributed by atoms with van der Waals surface area (Å²) in [5.74, 6) is 0.606. The molecule has 196 valence electrons. The molecule has 0 aromatic carbocycles. The van der Waals surface area contributed by atoms with Crippen molar-refractivity contribution in [3.63, 3.8) is 0 Å². The van der Waals surface area contributed by atoms with Crippen molar-refractivity contribution < 1.29 is 46.9 Å². The van der Waals surface area contributed by atoms with Crippen molar-refractivity contribution in [3.05, 3.63) is 24.0 Å². The molecule has 0 saturated heterocycles. The van der Waals surface area contributed by atoms with Gasteiger partial charge in [0, 0.05) is 6.42 Å². The first kappa shape index (κ1) is 28.4. The maximum atomic E-state index is 13.1. The van der Waals surface area contributed by atoms with Gasteiger partial charge in [-0.2, -0.15) is 5.10 Å². The summed E-state index contributed by atoms with van der Waals surface area (Å²) in [6, 6.07) is 0. The molecule has 2 aromatic rings. The maximum absolute atomic E-state index is 13.1. The SMILES string of the molecule is Cc1ncnn2c(CC(C)OCP(=O)(OCOC(=O)OC(C)C)OCOC(=O)OC(C)C)ncc12. The van der Waals surface area contributed by atoms with E-state index in [4.69, 9.17) is 32.7 Å². The molecule has 0 amide bonds. The summed E-state index contributed by atoms with van der Waals surface area (Å²) in [6.07, 6.45) is -0.488. The van der Waals surface area contributed by atoms with Crippen molar-refractivity contribution in [2.24, 2.45) is 0 Å². The smallest absolute Gasteiger partial charge is 0.432 e. The van der Waals surface area contributed by atoms with Crippen LogP contribution in [0, 0.1) is 6.92 Å². The normalized spacial score (nSPS) is 12.7. The molecule has 0 aliphatic rings. The van der Waals surface area contributed by atoms with E-state index in [2.05, 4.69) is 15.1 Å². The Labute approximate surface area is 202 Å². The molecular formula is C20H31N4O10P. The fourth-order valence-corrected chi connectivity index (χ4v) is 3.63. The van der Waals surface area contributed by atoms with Crippen LogP contribution in [0.1, 0.15) is 46.1 Å². The molecule has 0 saturated carbocycles. The van der Waals surface area contributed by atoms with Crippen molar-refractivity contribution in [3.8, 4) is 0 Å². The van der Waals surface area contributed by atoms with Gasteiger partial charge in [0.15, 0.2) is 0 Å². The molecule has 0 bridgehead atoms. The molecule has 1 unspecified atom stereocenters. The predicted molar refractivity (Wildman–Crippen MR) is 120 cm³/mol. The van der Waals surface area contributed by atoms with Crippen molar-refractivity contribution in [1.82, 2.24) is 19.6 Å². The lowest BCUT2D eigenvalue weighted by atomic mass is 10.3. The number of hydrogen-bond donors (Lipinski definition) is 0. The number of rotatable bonds is 13. The highest BCUT2D eigenvalue weighted by molar-refractivity contribution is 7.53. The molecule has 0 fully saturated rings. The lowest BCUT2D eigenvalue weighted by molar-refractivity contribution is -0.0365. The highest BCUT2D eigenvalue weighted by Gasteiger charge is 2.29. The van der Waals surface area contributed by atoms with Crippen molar-refractivity contribution in [2.75, 3.05) is 19.9 Å². The average molecular weight is 518 g/mol. The Morgan fingerprint density at radius 2 is 1.54 bits per heavy atom. The summed E-state index contributed by atoms with van der Waals surface area (Å²) in [4.78, 5) is 31.5. The van der Waals surface area contributed by atoms with Crippen LogP contribution < -0.4 is 0 Å². The first-order valence-corrected chi connectivity index (χ1v) is 12.5. The fourth-order valence-electron chi connectivity index (χ4n) is 2.54. The third-order valence-corrected chi connectivity index (χ3v) is 5.56. The molecule has 2 rings (SSSR count). The Kier molecular flexibility index (Phi) is 10.8. The molecule has 1 atom stereocenters.